The Bertz CT molecular complexity index is 582. The fourth-order valence-electron chi connectivity index (χ4n) is 1.47. The summed E-state index contributed by atoms with van der Waals surface area (Å²) in [6.07, 6.45) is 2.82. The summed E-state index contributed by atoms with van der Waals surface area (Å²) >= 11 is 0. The number of aromatic carboxylic acids is 1. The molecule has 0 unspecified atom stereocenters. The summed E-state index contributed by atoms with van der Waals surface area (Å²) in [5, 5.41) is 18.7. The number of amides is 1. The highest BCUT2D eigenvalue weighted by Crippen LogP contribution is 2.04. The van der Waals surface area contributed by atoms with Crippen LogP contribution in [-0.4, -0.2) is 27.2 Å². The molecule has 2 rings (SSSR count). The van der Waals surface area contributed by atoms with Crippen LogP contribution in [0.1, 0.15) is 26.3 Å². The van der Waals surface area contributed by atoms with Gasteiger partial charge in [-0.3, -0.25) is 4.79 Å². The molecule has 2 N–H and O–H groups in total. The molecule has 0 radical (unpaired) electrons. The number of aromatic nitrogens is 2. The molecule has 1 aromatic heterocycles. The van der Waals surface area contributed by atoms with Crippen molar-refractivity contribution in [3.05, 3.63) is 59.4 Å². The largest absolute Gasteiger partial charge is 0.478 e. The zero-order valence-electron chi connectivity index (χ0n) is 9.91. The molecule has 0 saturated heterocycles. The van der Waals surface area contributed by atoms with Crippen LogP contribution in [0.15, 0.2) is 42.7 Å². The van der Waals surface area contributed by atoms with E-state index in [9.17, 15) is 9.59 Å². The van der Waals surface area contributed by atoms with Gasteiger partial charge in [0, 0.05) is 6.54 Å². The number of benzene rings is 1. The van der Waals surface area contributed by atoms with E-state index in [1.54, 1.807) is 18.2 Å². The lowest BCUT2D eigenvalue weighted by Crippen LogP contribution is -2.22. The van der Waals surface area contributed by atoms with E-state index >= 15 is 0 Å². The topological polar surface area (TPSA) is 92.2 Å². The molecule has 0 saturated carbocycles. The van der Waals surface area contributed by atoms with Gasteiger partial charge in [-0.25, -0.2) is 4.79 Å². The molecule has 0 aliphatic rings. The van der Waals surface area contributed by atoms with E-state index in [1.165, 1.54) is 24.5 Å². The van der Waals surface area contributed by atoms with Gasteiger partial charge >= 0.3 is 5.97 Å². The third kappa shape index (κ3) is 3.35. The Morgan fingerprint density at radius 1 is 1.05 bits per heavy atom. The summed E-state index contributed by atoms with van der Waals surface area (Å²) < 4.78 is 0. The lowest BCUT2D eigenvalue weighted by Gasteiger charge is -2.05. The van der Waals surface area contributed by atoms with Crippen molar-refractivity contribution in [3.8, 4) is 0 Å². The fraction of sp³-hybridized carbons (Fsp3) is 0.0769. The first kappa shape index (κ1) is 12.7. The zero-order valence-corrected chi connectivity index (χ0v) is 9.91. The Morgan fingerprint density at radius 3 is 2.37 bits per heavy atom. The molecule has 0 fully saturated rings. The smallest absolute Gasteiger partial charge is 0.335 e. The van der Waals surface area contributed by atoms with Crippen LogP contribution in [0.25, 0.3) is 0 Å². The van der Waals surface area contributed by atoms with Gasteiger partial charge in [-0.05, 0) is 23.8 Å². The van der Waals surface area contributed by atoms with Crippen molar-refractivity contribution in [1.82, 2.24) is 15.5 Å². The van der Waals surface area contributed by atoms with E-state index in [1.807, 2.05) is 0 Å². The molecule has 0 aliphatic heterocycles. The highest BCUT2D eigenvalue weighted by Gasteiger charge is 2.06. The Hall–Kier alpha value is -2.76. The number of carbonyl (C=O) groups is 2. The maximum atomic E-state index is 11.7. The maximum Gasteiger partial charge on any atom is 0.335 e. The molecule has 6 nitrogen and oxygen atoms in total. The molecule has 1 amide bonds. The van der Waals surface area contributed by atoms with E-state index in [-0.39, 0.29) is 11.5 Å². The van der Waals surface area contributed by atoms with Crippen molar-refractivity contribution in [3.63, 3.8) is 0 Å². The molecule has 0 aliphatic carbocycles. The first-order valence-electron chi connectivity index (χ1n) is 5.54. The summed E-state index contributed by atoms with van der Waals surface area (Å²) in [7, 11) is 0. The van der Waals surface area contributed by atoms with Crippen LogP contribution < -0.4 is 5.32 Å². The number of hydrogen-bond acceptors (Lipinski definition) is 4. The number of rotatable bonds is 4. The first-order valence-corrected chi connectivity index (χ1v) is 5.54. The lowest BCUT2D eigenvalue weighted by atomic mass is 10.1. The molecule has 0 atom stereocenters. The molecular weight excluding hydrogens is 246 g/mol. The minimum atomic E-state index is -0.974. The number of nitrogens with zero attached hydrogens (tertiary/aromatic N) is 2. The molecule has 96 valence electrons. The Balaban J connectivity index is 1.95. The van der Waals surface area contributed by atoms with Gasteiger partial charge in [0.2, 0.25) is 0 Å². The van der Waals surface area contributed by atoms with Crippen molar-refractivity contribution < 1.29 is 14.7 Å². The van der Waals surface area contributed by atoms with Gasteiger partial charge in [0.15, 0.2) is 0 Å². The minimum Gasteiger partial charge on any atom is -0.478 e. The van der Waals surface area contributed by atoms with Gasteiger partial charge in [0.25, 0.3) is 5.91 Å². The minimum absolute atomic E-state index is 0.216. The second kappa shape index (κ2) is 5.72. The SMILES string of the molecule is O=C(O)c1ccc(CNC(=O)c2ccnnc2)cc1. The number of nitrogens with one attached hydrogen (secondary N) is 1. The highest BCUT2D eigenvalue weighted by molar-refractivity contribution is 5.93. The Kier molecular flexibility index (Phi) is 3.82. The van der Waals surface area contributed by atoms with Gasteiger partial charge in [0.1, 0.15) is 0 Å². The average Bonchev–Trinajstić information content (AvgIpc) is 2.46. The highest BCUT2D eigenvalue weighted by atomic mass is 16.4. The van der Waals surface area contributed by atoms with Crippen molar-refractivity contribution in [1.29, 1.82) is 0 Å². The normalized spacial score (nSPS) is 9.89. The second-order valence-corrected chi connectivity index (χ2v) is 3.82. The summed E-state index contributed by atoms with van der Waals surface area (Å²) in [5.74, 6) is -1.23. The summed E-state index contributed by atoms with van der Waals surface area (Å²) in [4.78, 5) is 22.4. The van der Waals surface area contributed by atoms with Crippen LogP contribution in [0.3, 0.4) is 0 Å². The predicted octanol–water partition coefficient (Wildman–Crippen LogP) is 1.10. The van der Waals surface area contributed by atoms with Gasteiger partial charge in [0.05, 0.1) is 23.5 Å². The molecule has 1 aromatic carbocycles. The van der Waals surface area contributed by atoms with Gasteiger partial charge in [-0.1, -0.05) is 12.1 Å². The molecular formula is C13H11N3O3. The first-order chi connectivity index (χ1) is 9.16. The molecule has 2 aromatic rings. The van der Waals surface area contributed by atoms with Crippen molar-refractivity contribution in [2.75, 3.05) is 0 Å². The predicted molar refractivity (Wildman–Crippen MR) is 66.6 cm³/mol. The molecule has 6 heteroatoms. The van der Waals surface area contributed by atoms with E-state index < -0.39 is 5.97 Å². The van der Waals surface area contributed by atoms with E-state index in [4.69, 9.17) is 5.11 Å². The van der Waals surface area contributed by atoms with Crippen LogP contribution >= 0.6 is 0 Å². The lowest BCUT2D eigenvalue weighted by molar-refractivity contribution is 0.0696. The molecule has 0 spiro atoms. The quantitative estimate of drug-likeness (QED) is 0.855. The zero-order chi connectivity index (χ0) is 13.7. The summed E-state index contributed by atoms with van der Waals surface area (Å²) in [6.45, 7) is 0.320. The summed E-state index contributed by atoms with van der Waals surface area (Å²) in [5.41, 5.74) is 1.46. The third-order valence-corrected chi connectivity index (χ3v) is 2.50. The number of carbonyl (C=O) groups excluding carboxylic acids is 1. The average molecular weight is 257 g/mol. The van der Waals surface area contributed by atoms with Gasteiger partial charge in [-0.2, -0.15) is 10.2 Å². The fourth-order valence-corrected chi connectivity index (χ4v) is 1.47. The molecule has 19 heavy (non-hydrogen) atoms. The number of carboxylic acid groups (broad SMARTS) is 1. The van der Waals surface area contributed by atoms with E-state index in [2.05, 4.69) is 15.5 Å². The maximum absolute atomic E-state index is 11.7. The van der Waals surface area contributed by atoms with Crippen LogP contribution in [0.5, 0.6) is 0 Å². The van der Waals surface area contributed by atoms with Crippen molar-refractivity contribution in [2.24, 2.45) is 0 Å². The second-order valence-electron chi connectivity index (χ2n) is 3.82. The molecule has 0 bridgehead atoms. The molecule has 1 heterocycles. The summed E-state index contributed by atoms with van der Waals surface area (Å²) in [6, 6.07) is 7.88. The third-order valence-electron chi connectivity index (χ3n) is 2.50. The van der Waals surface area contributed by atoms with Gasteiger partial charge in [-0.15, -0.1) is 0 Å². The Labute approximate surface area is 109 Å². The Morgan fingerprint density at radius 2 is 1.79 bits per heavy atom. The van der Waals surface area contributed by atoms with Crippen molar-refractivity contribution in [2.45, 2.75) is 6.54 Å². The van der Waals surface area contributed by atoms with E-state index in [0.29, 0.717) is 12.1 Å². The monoisotopic (exact) mass is 257 g/mol. The van der Waals surface area contributed by atoms with Gasteiger partial charge < -0.3 is 10.4 Å². The van der Waals surface area contributed by atoms with E-state index in [0.717, 1.165) is 5.56 Å². The number of carboxylic acids is 1. The van der Waals surface area contributed by atoms with Crippen LogP contribution in [0.4, 0.5) is 0 Å². The van der Waals surface area contributed by atoms with Crippen LogP contribution in [-0.2, 0) is 6.54 Å². The van der Waals surface area contributed by atoms with Crippen LogP contribution in [0, 0.1) is 0 Å². The number of hydrogen-bond donors (Lipinski definition) is 2. The standard InChI is InChI=1S/C13H11N3O3/c17-12(11-5-6-15-16-8-11)14-7-9-1-3-10(4-2-9)13(18)19/h1-6,8H,7H2,(H,14,17)(H,18,19). The van der Waals surface area contributed by atoms with Crippen LogP contribution in [0.2, 0.25) is 0 Å². The van der Waals surface area contributed by atoms with Crippen molar-refractivity contribution >= 4 is 11.9 Å².